The van der Waals surface area contributed by atoms with Crippen LogP contribution in [0.2, 0.25) is 0 Å². The molecule has 1 amide bonds. The SMILES string of the molecule is Cc1cc(/C=N\NC(=O)Cc2ccc(C(F)(F)F)cc2[N+](=O)[O-])c(C)n1-c1ccc(C(=O)[O-])cc1. The number of nitro groups is 1. The molecule has 3 rings (SSSR count). The van der Waals surface area contributed by atoms with Crippen molar-refractivity contribution < 1.29 is 32.8 Å². The van der Waals surface area contributed by atoms with Crippen LogP contribution in [-0.4, -0.2) is 27.6 Å². The number of alkyl halides is 3. The van der Waals surface area contributed by atoms with Crippen LogP contribution in [0.3, 0.4) is 0 Å². The number of benzene rings is 2. The van der Waals surface area contributed by atoms with Crippen LogP contribution in [0.15, 0.2) is 53.6 Å². The Bertz CT molecular complexity index is 1330. The topological polar surface area (TPSA) is 130 Å². The average molecular weight is 487 g/mol. The first-order chi connectivity index (χ1) is 16.4. The first-order valence-corrected chi connectivity index (χ1v) is 10.1. The zero-order chi connectivity index (χ0) is 25.9. The van der Waals surface area contributed by atoms with Gasteiger partial charge in [0.05, 0.1) is 29.1 Å². The number of amides is 1. The quantitative estimate of drug-likeness (QED) is 0.311. The second kappa shape index (κ2) is 9.79. The molecule has 1 N–H and O–H groups in total. The monoisotopic (exact) mass is 487 g/mol. The zero-order valence-electron chi connectivity index (χ0n) is 18.4. The molecule has 182 valence electrons. The van der Waals surface area contributed by atoms with Crippen LogP contribution in [0.5, 0.6) is 0 Å². The summed E-state index contributed by atoms with van der Waals surface area (Å²) in [6.07, 6.45) is -3.94. The molecule has 0 spiro atoms. The number of hydrazone groups is 1. The fourth-order valence-corrected chi connectivity index (χ4v) is 3.51. The number of carbonyl (C=O) groups excluding carboxylic acids is 2. The van der Waals surface area contributed by atoms with Crippen LogP contribution in [0.4, 0.5) is 18.9 Å². The Balaban J connectivity index is 1.73. The third kappa shape index (κ3) is 5.72. The van der Waals surface area contributed by atoms with Gasteiger partial charge in [-0.25, -0.2) is 5.43 Å². The van der Waals surface area contributed by atoms with Gasteiger partial charge in [-0.05, 0) is 43.7 Å². The third-order valence-corrected chi connectivity index (χ3v) is 5.18. The van der Waals surface area contributed by atoms with Crippen LogP contribution >= 0.6 is 0 Å². The second-order valence-corrected chi connectivity index (χ2v) is 7.56. The smallest absolute Gasteiger partial charge is 0.416 e. The van der Waals surface area contributed by atoms with Gasteiger partial charge in [0.15, 0.2) is 0 Å². The minimum atomic E-state index is -4.75. The number of nitrogens with one attached hydrogen (secondary N) is 1. The molecule has 0 radical (unpaired) electrons. The van der Waals surface area contributed by atoms with Crippen molar-refractivity contribution in [2.24, 2.45) is 5.10 Å². The molecule has 0 bridgehead atoms. The summed E-state index contributed by atoms with van der Waals surface area (Å²) < 4.78 is 40.3. The van der Waals surface area contributed by atoms with Gasteiger partial charge in [0.2, 0.25) is 5.91 Å². The fraction of sp³-hybridized carbons (Fsp3) is 0.174. The molecule has 3 aromatic rings. The molecule has 0 saturated carbocycles. The van der Waals surface area contributed by atoms with Crippen LogP contribution in [0.1, 0.15) is 38.4 Å². The van der Waals surface area contributed by atoms with E-state index in [1.165, 1.54) is 18.3 Å². The lowest BCUT2D eigenvalue weighted by molar-refractivity contribution is -0.385. The minimum Gasteiger partial charge on any atom is -0.545 e. The standard InChI is InChI=1S/C23H19F3N4O5/c1-13-9-17(14(2)29(13)19-7-4-15(5-8-19)22(32)33)12-27-28-21(31)10-16-3-6-18(23(24,25)26)11-20(16)30(34)35/h3-9,11-12H,10H2,1-2H3,(H,28,31)(H,32,33)/p-1/b27-12-. The maximum atomic E-state index is 12.8. The van der Waals surface area contributed by atoms with E-state index in [1.807, 2.05) is 11.5 Å². The Hall–Kier alpha value is -4.48. The first-order valence-electron chi connectivity index (χ1n) is 10.1. The molecule has 12 heteroatoms. The summed E-state index contributed by atoms with van der Waals surface area (Å²) in [4.78, 5) is 33.3. The van der Waals surface area contributed by atoms with E-state index in [9.17, 15) is 38.0 Å². The fourth-order valence-electron chi connectivity index (χ4n) is 3.51. The Morgan fingerprint density at radius 3 is 2.34 bits per heavy atom. The summed E-state index contributed by atoms with van der Waals surface area (Å²) in [5.74, 6) is -2.04. The van der Waals surface area contributed by atoms with E-state index in [-0.39, 0.29) is 11.1 Å². The number of aromatic nitrogens is 1. The van der Waals surface area contributed by atoms with Gasteiger partial charge in [-0.2, -0.15) is 18.3 Å². The van der Waals surface area contributed by atoms with E-state index >= 15 is 0 Å². The molecule has 0 aliphatic carbocycles. The molecule has 1 aromatic heterocycles. The van der Waals surface area contributed by atoms with Crippen molar-refractivity contribution >= 4 is 23.8 Å². The van der Waals surface area contributed by atoms with Gasteiger partial charge >= 0.3 is 6.18 Å². The lowest BCUT2D eigenvalue weighted by Crippen LogP contribution is -2.22. The Morgan fingerprint density at radius 2 is 1.77 bits per heavy atom. The molecule has 35 heavy (non-hydrogen) atoms. The number of aromatic carboxylic acids is 1. The molecule has 0 aliphatic rings. The summed E-state index contributed by atoms with van der Waals surface area (Å²) in [6, 6.07) is 9.79. The van der Waals surface area contributed by atoms with Gasteiger partial charge in [-0.15, -0.1) is 0 Å². The van der Waals surface area contributed by atoms with Gasteiger partial charge in [0.1, 0.15) is 0 Å². The highest BCUT2D eigenvalue weighted by Crippen LogP contribution is 2.33. The van der Waals surface area contributed by atoms with Crippen LogP contribution in [0, 0.1) is 24.0 Å². The summed E-state index contributed by atoms with van der Waals surface area (Å²) in [7, 11) is 0. The van der Waals surface area contributed by atoms with E-state index in [1.54, 1.807) is 25.1 Å². The van der Waals surface area contributed by atoms with Gasteiger partial charge in [-0.3, -0.25) is 14.9 Å². The molecule has 0 saturated heterocycles. The van der Waals surface area contributed by atoms with Crippen molar-refractivity contribution in [1.82, 2.24) is 9.99 Å². The van der Waals surface area contributed by atoms with Crippen molar-refractivity contribution in [2.45, 2.75) is 26.4 Å². The molecule has 0 aliphatic heterocycles. The van der Waals surface area contributed by atoms with Gasteiger partial charge < -0.3 is 14.5 Å². The van der Waals surface area contributed by atoms with Gasteiger partial charge in [0.25, 0.3) is 5.69 Å². The summed E-state index contributed by atoms with van der Waals surface area (Å²) >= 11 is 0. The number of rotatable bonds is 7. The average Bonchev–Trinajstić information content (AvgIpc) is 3.06. The number of hydrogen-bond acceptors (Lipinski definition) is 6. The van der Waals surface area contributed by atoms with Crippen LogP contribution in [-0.2, 0) is 17.4 Å². The Labute approximate surface area is 196 Å². The van der Waals surface area contributed by atoms with E-state index in [0.29, 0.717) is 23.4 Å². The molecule has 0 atom stereocenters. The van der Waals surface area contributed by atoms with Gasteiger partial charge in [0, 0.05) is 34.3 Å². The molecular weight excluding hydrogens is 469 g/mol. The summed E-state index contributed by atoms with van der Waals surface area (Å²) in [5, 5.41) is 25.9. The number of nitro benzene ring substituents is 1. The van der Waals surface area contributed by atoms with Crippen molar-refractivity contribution in [1.29, 1.82) is 0 Å². The van der Waals surface area contributed by atoms with E-state index in [2.05, 4.69) is 10.5 Å². The molecular formula is C23H18F3N4O5-. The highest BCUT2D eigenvalue weighted by atomic mass is 19.4. The highest BCUT2D eigenvalue weighted by Gasteiger charge is 2.33. The maximum Gasteiger partial charge on any atom is 0.416 e. The highest BCUT2D eigenvalue weighted by molar-refractivity contribution is 5.86. The van der Waals surface area contributed by atoms with E-state index in [0.717, 1.165) is 17.5 Å². The van der Waals surface area contributed by atoms with Crippen molar-refractivity contribution in [2.75, 3.05) is 0 Å². The van der Waals surface area contributed by atoms with Crippen LogP contribution in [0.25, 0.3) is 5.69 Å². The molecule has 1 heterocycles. The Kier molecular flexibility index (Phi) is 7.04. The molecule has 0 fully saturated rings. The van der Waals surface area contributed by atoms with Crippen LogP contribution < -0.4 is 10.5 Å². The first kappa shape index (κ1) is 25.1. The van der Waals surface area contributed by atoms with Crippen molar-refractivity contribution in [3.63, 3.8) is 0 Å². The minimum absolute atomic E-state index is 0.0361. The summed E-state index contributed by atoms with van der Waals surface area (Å²) in [6.45, 7) is 3.60. The predicted octanol–water partition coefficient (Wildman–Crippen LogP) is 3.08. The lowest BCUT2D eigenvalue weighted by Gasteiger charge is -2.11. The third-order valence-electron chi connectivity index (χ3n) is 5.18. The van der Waals surface area contributed by atoms with E-state index < -0.39 is 40.6 Å². The number of carboxylic acid groups (broad SMARTS) is 1. The van der Waals surface area contributed by atoms with Crippen molar-refractivity contribution in [3.8, 4) is 5.69 Å². The predicted molar refractivity (Wildman–Crippen MR) is 117 cm³/mol. The second-order valence-electron chi connectivity index (χ2n) is 7.56. The number of aryl methyl sites for hydroxylation is 1. The Morgan fingerprint density at radius 1 is 1.11 bits per heavy atom. The summed E-state index contributed by atoms with van der Waals surface area (Å²) in [5.41, 5.74) is 2.93. The largest absolute Gasteiger partial charge is 0.545 e. The molecule has 0 unspecified atom stereocenters. The number of halogens is 3. The zero-order valence-corrected chi connectivity index (χ0v) is 18.4. The van der Waals surface area contributed by atoms with Crippen molar-refractivity contribution in [3.05, 3.63) is 92.3 Å². The lowest BCUT2D eigenvalue weighted by atomic mass is 10.1. The number of nitrogens with zero attached hydrogens (tertiary/aromatic N) is 3. The number of carbonyl (C=O) groups is 2. The number of hydrogen-bond donors (Lipinski definition) is 1. The maximum absolute atomic E-state index is 12.8. The molecule has 9 nitrogen and oxygen atoms in total. The number of carboxylic acids is 1. The van der Waals surface area contributed by atoms with E-state index in [4.69, 9.17) is 0 Å². The normalized spacial score (nSPS) is 11.6. The van der Waals surface area contributed by atoms with Gasteiger partial charge in [-0.1, -0.05) is 18.2 Å². The molecule has 2 aromatic carbocycles.